The van der Waals surface area contributed by atoms with Crippen molar-refractivity contribution in [2.24, 2.45) is 0 Å². The van der Waals surface area contributed by atoms with Crippen LogP contribution in [0, 0.1) is 0 Å². The molecule has 1 heterocycles. The van der Waals surface area contributed by atoms with Crippen molar-refractivity contribution < 1.29 is 27.8 Å². The number of nitrogens with one attached hydrogen (secondary N) is 1. The van der Waals surface area contributed by atoms with Crippen LogP contribution in [-0.2, 0) is 4.79 Å². The third-order valence-corrected chi connectivity index (χ3v) is 3.15. The first-order valence-corrected chi connectivity index (χ1v) is 6.19. The minimum atomic E-state index is -2.99. The van der Waals surface area contributed by atoms with Crippen LogP contribution in [0.5, 0.6) is 11.5 Å². The van der Waals surface area contributed by atoms with Crippen LogP contribution in [0.1, 0.15) is 5.56 Å². The minimum Gasteiger partial charge on any atom is -0.493 e. The smallest absolute Gasteiger partial charge is 0.387 e. The molecule has 0 aliphatic carbocycles. The molecular weight excluding hydrogens is 292 g/mol. The first-order valence-electron chi connectivity index (χ1n) is 5.37. The third-order valence-electron chi connectivity index (χ3n) is 2.34. The summed E-state index contributed by atoms with van der Waals surface area (Å²) in [7, 11) is 1.32. The van der Waals surface area contributed by atoms with Crippen LogP contribution in [0.25, 0.3) is 6.08 Å². The van der Waals surface area contributed by atoms with E-state index in [0.717, 1.165) is 11.8 Å². The Morgan fingerprint density at radius 1 is 1.30 bits per heavy atom. The number of imide groups is 1. The SMILES string of the molecule is COc1ccc(/C=C2\SC(=O)NC2=O)cc1OC(F)F. The van der Waals surface area contributed by atoms with Gasteiger partial charge in [-0.1, -0.05) is 6.07 Å². The number of hydrogen-bond acceptors (Lipinski definition) is 5. The Morgan fingerprint density at radius 2 is 2.05 bits per heavy atom. The molecule has 8 heteroatoms. The van der Waals surface area contributed by atoms with Gasteiger partial charge < -0.3 is 9.47 Å². The summed E-state index contributed by atoms with van der Waals surface area (Å²) in [5.41, 5.74) is 0.439. The fourth-order valence-electron chi connectivity index (χ4n) is 1.54. The first kappa shape index (κ1) is 14.3. The van der Waals surface area contributed by atoms with Crippen molar-refractivity contribution >= 4 is 29.0 Å². The summed E-state index contributed by atoms with van der Waals surface area (Å²) >= 11 is 0.740. The van der Waals surface area contributed by atoms with Crippen molar-refractivity contribution in [3.05, 3.63) is 28.7 Å². The highest BCUT2D eigenvalue weighted by Crippen LogP contribution is 2.32. The molecule has 1 aromatic carbocycles. The van der Waals surface area contributed by atoms with Crippen molar-refractivity contribution in [3.63, 3.8) is 0 Å². The van der Waals surface area contributed by atoms with Crippen molar-refractivity contribution in [2.75, 3.05) is 7.11 Å². The normalized spacial score (nSPS) is 16.7. The predicted octanol–water partition coefficient (Wildman–Crippen LogP) is 2.62. The molecule has 0 bridgehead atoms. The van der Waals surface area contributed by atoms with Gasteiger partial charge in [-0.25, -0.2) is 0 Å². The first-order chi connectivity index (χ1) is 9.49. The second kappa shape index (κ2) is 5.91. The zero-order chi connectivity index (χ0) is 14.7. The standard InChI is InChI=1S/C12H9F2NO4S/c1-18-7-3-2-6(4-8(7)19-11(13)14)5-9-10(16)15-12(17)20-9/h2-5,11H,1H3,(H,15,16,17)/b9-5-. The van der Waals surface area contributed by atoms with Gasteiger partial charge in [0.15, 0.2) is 11.5 Å². The number of carbonyl (C=O) groups excluding carboxylic acids is 2. The van der Waals surface area contributed by atoms with E-state index < -0.39 is 17.8 Å². The number of thioether (sulfide) groups is 1. The Labute approximate surface area is 116 Å². The molecule has 1 fully saturated rings. The maximum absolute atomic E-state index is 12.3. The van der Waals surface area contributed by atoms with Gasteiger partial charge in [0, 0.05) is 0 Å². The lowest BCUT2D eigenvalue weighted by Gasteiger charge is -2.10. The lowest BCUT2D eigenvalue weighted by Crippen LogP contribution is -2.17. The molecule has 20 heavy (non-hydrogen) atoms. The lowest BCUT2D eigenvalue weighted by molar-refractivity contribution is -0.115. The van der Waals surface area contributed by atoms with Gasteiger partial charge >= 0.3 is 6.61 Å². The molecule has 0 saturated carbocycles. The van der Waals surface area contributed by atoms with E-state index >= 15 is 0 Å². The Balaban J connectivity index is 2.31. The zero-order valence-electron chi connectivity index (χ0n) is 10.2. The molecule has 0 spiro atoms. The Bertz CT molecular complexity index is 589. The van der Waals surface area contributed by atoms with E-state index in [2.05, 4.69) is 10.1 Å². The minimum absolute atomic E-state index is 0.145. The maximum atomic E-state index is 12.3. The van der Waals surface area contributed by atoms with Crippen LogP contribution < -0.4 is 14.8 Å². The van der Waals surface area contributed by atoms with Gasteiger partial charge in [-0.05, 0) is 35.5 Å². The zero-order valence-corrected chi connectivity index (χ0v) is 11.0. The highest BCUT2D eigenvalue weighted by atomic mass is 32.2. The number of benzene rings is 1. The summed E-state index contributed by atoms with van der Waals surface area (Å²) in [6.45, 7) is -2.99. The fraction of sp³-hybridized carbons (Fsp3) is 0.167. The van der Waals surface area contributed by atoms with Gasteiger partial charge in [0.1, 0.15) is 0 Å². The van der Waals surface area contributed by atoms with E-state index in [9.17, 15) is 18.4 Å². The second-order valence-electron chi connectivity index (χ2n) is 3.64. The summed E-state index contributed by atoms with van der Waals surface area (Å²) < 4.78 is 33.8. The quantitative estimate of drug-likeness (QED) is 0.866. The topological polar surface area (TPSA) is 64.6 Å². The molecule has 0 radical (unpaired) electrons. The second-order valence-corrected chi connectivity index (χ2v) is 4.66. The number of halogens is 2. The van der Waals surface area contributed by atoms with Crippen LogP contribution in [0.3, 0.4) is 0 Å². The molecule has 2 amide bonds. The van der Waals surface area contributed by atoms with Gasteiger partial charge in [0.05, 0.1) is 12.0 Å². The maximum Gasteiger partial charge on any atom is 0.387 e. The van der Waals surface area contributed by atoms with Gasteiger partial charge in [0.25, 0.3) is 11.1 Å². The van der Waals surface area contributed by atoms with Crippen molar-refractivity contribution in [3.8, 4) is 11.5 Å². The van der Waals surface area contributed by atoms with Crippen LogP contribution >= 0.6 is 11.8 Å². The summed E-state index contributed by atoms with van der Waals surface area (Å²) in [5, 5.41) is 1.62. The van der Waals surface area contributed by atoms with Crippen molar-refractivity contribution in [1.82, 2.24) is 5.32 Å². The van der Waals surface area contributed by atoms with Gasteiger partial charge in [0.2, 0.25) is 0 Å². The average Bonchev–Trinajstić information content (AvgIpc) is 2.67. The highest BCUT2D eigenvalue weighted by molar-refractivity contribution is 8.18. The number of amides is 2. The molecular formula is C12H9F2NO4S. The summed E-state index contributed by atoms with van der Waals surface area (Å²) in [4.78, 5) is 22.6. The number of methoxy groups -OCH3 is 1. The highest BCUT2D eigenvalue weighted by Gasteiger charge is 2.25. The molecule has 1 aliphatic rings. The molecule has 0 aromatic heterocycles. The fourth-order valence-corrected chi connectivity index (χ4v) is 2.23. The molecule has 1 aliphatic heterocycles. The number of carbonyl (C=O) groups is 2. The number of rotatable bonds is 4. The van der Waals surface area contributed by atoms with Crippen molar-refractivity contribution in [1.29, 1.82) is 0 Å². The molecule has 1 N–H and O–H groups in total. The molecule has 2 rings (SSSR count). The number of hydrogen-bond donors (Lipinski definition) is 1. The molecule has 1 aromatic rings. The van der Waals surface area contributed by atoms with Crippen LogP contribution in [0.4, 0.5) is 13.6 Å². The lowest BCUT2D eigenvalue weighted by atomic mass is 10.2. The number of ether oxygens (including phenoxy) is 2. The molecule has 106 valence electrons. The van der Waals surface area contributed by atoms with Crippen molar-refractivity contribution in [2.45, 2.75) is 6.61 Å². The van der Waals surface area contributed by atoms with Gasteiger partial charge in [-0.2, -0.15) is 8.78 Å². The number of alkyl halides is 2. The molecule has 0 unspecified atom stereocenters. The van der Waals surface area contributed by atoms with E-state index in [1.807, 2.05) is 0 Å². The van der Waals surface area contributed by atoms with Crippen LogP contribution in [-0.4, -0.2) is 24.9 Å². The van der Waals surface area contributed by atoms with Crippen LogP contribution in [0.15, 0.2) is 23.1 Å². The predicted molar refractivity (Wildman–Crippen MR) is 68.7 cm³/mol. The van der Waals surface area contributed by atoms with E-state index in [1.54, 1.807) is 6.07 Å². The van der Waals surface area contributed by atoms with Crippen LogP contribution in [0.2, 0.25) is 0 Å². The Hall–Kier alpha value is -2.09. The van der Waals surface area contributed by atoms with Gasteiger partial charge in [-0.3, -0.25) is 14.9 Å². The Kier molecular flexibility index (Phi) is 4.23. The largest absolute Gasteiger partial charge is 0.493 e. The van der Waals surface area contributed by atoms with E-state index in [-0.39, 0.29) is 16.4 Å². The molecule has 5 nitrogen and oxygen atoms in total. The average molecular weight is 301 g/mol. The third kappa shape index (κ3) is 3.27. The molecule has 1 saturated heterocycles. The van der Waals surface area contributed by atoms with E-state index in [1.165, 1.54) is 25.3 Å². The summed E-state index contributed by atoms with van der Waals surface area (Å²) in [6, 6.07) is 4.29. The summed E-state index contributed by atoms with van der Waals surface area (Å²) in [5.74, 6) is -0.522. The van der Waals surface area contributed by atoms with E-state index in [4.69, 9.17) is 4.74 Å². The van der Waals surface area contributed by atoms with E-state index in [0.29, 0.717) is 5.56 Å². The molecule has 0 atom stereocenters. The summed E-state index contributed by atoms with van der Waals surface area (Å²) in [6.07, 6.45) is 1.41. The monoisotopic (exact) mass is 301 g/mol. The Morgan fingerprint density at radius 3 is 2.60 bits per heavy atom. The van der Waals surface area contributed by atoms with Gasteiger partial charge in [-0.15, -0.1) is 0 Å².